The Kier molecular flexibility index (Phi) is 4.82. The number of aromatic amines is 1. The molecule has 0 aliphatic carbocycles. The van der Waals surface area contributed by atoms with Crippen molar-refractivity contribution < 1.29 is 9.53 Å². The molecule has 3 aromatic rings. The van der Waals surface area contributed by atoms with Crippen LogP contribution in [0.2, 0.25) is 5.02 Å². The summed E-state index contributed by atoms with van der Waals surface area (Å²) >= 11 is 9.38. The quantitative estimate of drug-likeness (QED) is 0.676. The second-order valence-electron chi connectivity index (χ2n) is 4.94. The summed E-state index contributed by atoms with van der Waals surface area (Å²) in [7, 11) is 0. The van der Waals surface area contributed by atoms with E-state index >= 15 is 0 Å². The summed E-state index contributed by atoms with van der Waals surface area (Å²) in [5.41, 5.74) is 7.26. The zero-order chi connectivity index (χ0) is 17.1. The second kappa shape index (κ2) is 7.02. The number of primary amides is 1. The molecule has 122 valence electrons. The lowest BCUT2D eigenvalue weighted by Crippen LogP contribution is -2.13. The molecule has 3 N–H and O–H groups in total. The highest BCUT2D eigenvalue weighted by Crippen LogP contribution is 2.33. The second-order valence-corrected chi connectivity index (χ2v) is 6.30. The maximum absolute atomic E-state index is 11.5. The summed E-state index contributed by atoms with van der Waals surface area (Å²) in [6, 6.07) is 12.8. The Morgan fingerprint density at radius 3 is 2.83 bits per heavy atom. The number of H-pyrrole nitrogens is 1. The number of rotatable bonds is 5. The molecule has 2 aromatic carbocycles. The summed E-state index contributed by atoms with van der Waals surface area (Å²) in [5.74, 6) is -0.117. The SMILES string of the molecule is NC(=O)c1n[nH]nc1-c1cc(Br)ccc1OCc1cccc(Cl)c1. The van der Waals surface area contributed by atoms with Gasteiger partial charge in [-0.3, -0.25) is 4.79 Å². The summed E-state index contributed by atoms with van der Waals surface area (Å²) in [6.45, 7) is 0.318. The normalized spacial score (nSPS) is 10.6. The van der Waals surface area contributed by atoms with Gasteiger partial charge in [-0.25, -0.2) is 0 Å². The highest BCUT2D eigenvalue weighted by molar-refractivity contribution is 9.10. The van der Waals surface area contributed by atoms with Crippen molar-refractivity contribution in [3.63, 3.8) is 0 Å². The van der Waals surface area contributed by atoms with Crippen molar-refractivity contribution in [1.29, 1.82) is 0 Å². The van der Waals surface area contributed by atoms with Gasteiger partial charge in [0.15, 0.2) is 5.69 Å². The minimum absolute atomic E-state index is 0.0562. The van der Waals surface area contributed by atoms with Gasteiger partial charge in [-0.1, -0.05) is 39.7 Å². The molecule has 0 aliphatic rings. The topological polar surface area (TPSA) is 93.9 Å². The Bertz CT molecular complexity index is 897. The van der Waals surface area contributed by atoms with E-state index in [9.17, 15) is 4.79 Å². The molecule has 0 bridgehead atoms. The first-order chi connectivity index (χ1) is 11.5. The van der Waals surface area contributed by atoms with E-state index in [1.165, 1.54) is 0 Å². The molecule has 24 heavy (non-hydrogen) atoms. The summed E-state index contributed by atoms with van der Waals surface area (Å²) in [5, 5.41) is 10.9. The molecule has 0 saturated carbocycles. The van der Waals surface area contributed by atoms with Crippen molar-refractivity contribution in [3.05, 3.63) is 63.2 Å². The van der Waals surface area contributed by atoms with E-state index in [1.807, 2.05) is 24.3 Å². The minimum atomic E-state index is -0.667. The summed E-state index contributed by atoms with van der Waals surface area (Å²) in [4.78, 5) is 11.5. The van der Waals surface area contributed by atoms with Crippen molar-refractivity contribution in [1.82, 2.24) is 15.4 Å². The molecule has 8 heteroatoms. The van der Waals surface area contributed by atoms with Gasteiger partial charge in [0.1, 0.15) is 18.1 Å². The van der Waals surface area contributed by atoms with Crippen LogP contribution in [0.25, 0.3) is 11.3 Å². The molecule has 1 aromatic heterocycles. The first kappa shape index (κ1) is 16.5. The Morgan fingerprint density at radius 2 is 2.08 bits per heavy atom. The Morgan fingerprint density at radius 1 is 1.25 bits per heavy atom. The van der Waals surface area contributed by atoms with Crippen molar-refractivity contribution in [3.8, 4) is 17.0 Å². The van der Waals surface area contributed by atoms with Crippen molar-refractivity contribution >= 4 is 33.4 Å². The van der Waals surface area contributed by atoms with Gasteiger partial charge in [-0.2, -0.15) is 15.4 Å². The van der Waals surface area contributed by atoms with Crippen molar-refractivity contribution in [2.75, 3.05) is 0 Å². The number of nitrogens with two attached hydrogens (primary N) is 1. The Labute approximate surface area is 151 Å². The zero-order valence-corrected chi connectivity index (χ0v) is 14.6. The molecule has 6 nitrogen and oxygen atoms in total. The minimum Gasteiger partial charge on any atom is -0.488 e. The standard InChI is InChI=1S/C16H12BrClN4O2/c17-10-4-5-13(24-8-9-2-1-3-11(18)6-9)12(7-10)14-15(16(19)23)21-22-20-14/h1-7H,8H2,(H2,19,23)(H,20,21,22). The van der Waals surface area contributed by atoms with E-state index in [0.717, 1.165) is 10.0 Å². The van der Waals surface area contributed by atoms with Crippen LogP contribution in [0.5, 0.6) is 5.75 Å². The lowest BCUT2D eigenvalue weighted by molar-refractivity contribution is 0.0996. The van der Waals surface area contributed by atoms with Crippen LogP contribution in [-0.2, 0) is 6.61 Å². The molecular formula is C16H12BrClN4O2. The van der Waals surface area contributed by atoms with E-state index < -0.39 is 5.91 Å². The van der Waals surface area contributed by atoms with Crippen molar-refractivity contribution in [2.24, 2.45) is 5.73 Å². The number of amides is 1. The third-order valence-corrected chi connectivity index (χ3v) is 3.99. The maximum Gasteiger partial charge on any atom is 0.271 e. The number of aromatic nitrogens is 3. The number of nitrogens with one attached hydrogen (secondary N) is 1. The van der Waals surface area contributed by atoms with Gasteiger partial charge in [-0.05, 0) is 35.9 Å². The molecule has 0 atom stereocenters. The number of benzene rings is 2. The smallest absolute Gasteiger partial charge is 0.271 e. The first-order valence-corrected chi connectivity index (χ1v) is 8.09. The van der Waals surface area contributed by atoms with Crippen molar-refractivity contribution in [2.45, 2.75) is 6.61 Å². The molecule has 0 radical (unpaired) electrons. The fraction of sp³-hybridized carbons (Fsp3) is 0.0625. The predicted molar refractivity (Wildman–Crippen MR) is 93.8 cm³/mol. The van der Waals surface area contributed by atoms with E-state index in [4.69, 9.17) is 22.1 Å². The van der Waals surface area contributed by atoms with Crippen LogP contribution in [0.4, 0.5) is 0 Å². The summed E-state index contributed by atoms with van der Waals surface area (Å²) in [6.07, 6.45) is 0. The number of carbonyl (C=O) groups excluding carboxylic acids is 1. The van der Waals surface area contributed by atoms with Crippen LogP contribution in [0.3, 0.4) is 0 Å². The first-order valence-electron chi connectivity index (χ1n) is 6.92. The van der Waals surface area contributed by atoms with Crippen LogP contribution in [0.15, 0.2) is 46.9 Å². The number of hydrogen-bond donors (Lipinski definition) is 2. The van der Waals surface area contributed by atoms with Crippen LogP contribution in [-0.4, -0.2) is 21.3 Å². The molecule has 1 heterocycles. The molecule has 0 aliphatic heterocycles. The number of halogens is 2. The van der Waals surface area contributed by atoms with Gasteiger partial charge < -0.3 is 10.5 Å². The molecule has 3 rings (SSSR count). The zero-order valence-electron chi connectivity index (χ0n) is 12.3. The number of hydrogen-bond acceptors (Lipinski definition) is 4. The third-order valence-electron chi connectivity index (χ3n) is 3.26. The number of ether oxygens (including phenoxy) is 1. The lowest BCUT2D eigenvalue weighted by atomic mass is 10.1. The largest absolute Gasteiger partial charge is 0.488 e. The fourth-order valence-corrected chi connectivity index (χ4v) is 2.77. The Balaban J connectivity index is 1.94. The summed E-state index contributed by atoms with van der Waals surface area (Å²) < 4.78 is 6.69. The van der Waals surface area contributed by atoms with Gasteiger partial charge >= 0.3 is 0 Å². The van der Waals surface area contributed by atoms with Gasteiger partial charge in [0.25, 0.3) is 5.91 Å². The average molecular weight is 408 g/mol. The van der Waals surface area contributed by atoms with Gasteiger partial charge in [0, 0.05) is 15.1 Å². The van der Waals surface area contributed by atoms with Crippen LogP contribution in [0, 0.1) is 0 Å². The Hall–Kier alpha value is -2.38. The lowest BCUT2D eigenvalue weighted by Gasteiger charge is -2.11. The third kappa shape index (κ3) is 3.58. The molecule has 0 fully saturated rings. The van der Waals surface area contributed by atoms with E-state index in [0.29, 0.717) is 28.6 Å². The highest BCUT2D eigenvalue weighted by atomic mass is 79.9. The fourth-order valence-electron chi connectivity index (χ4n) is 2.19. The highest BCUT2D eigenvalue weighted by Gasteiger charge is 2.19. The number of nitrogens with zero attached hydrogens (tertiary/aromatic N) is 2. The predicted octanol–water partition coefficient (Wildman–Crippen LogP) is 3.57. The van der Waals surface area contributed by atoms with Crippen LogP contribution in [0.1, 0.15) is 16.1 Å². The van der Waals surface area contributed by atoms with E-state index in [2.05, 4.69) is 31.3 Å². The average Bonchev–Trinajstić information content (AvgIpc) is 3.03. The molecule has 0 unspecified atom stereocenters. The van der Waals surface area contributed by atoms with Gasteiger partial charge in [0.2, 0.25) is 0 Å². The molecule has 1 amide bonds. The monoisotopic (exact) mass is 406 g/mol. The van der Waals surface area contributed by atoms with Crippen LogP contribution < -0.4 is 10.5 Å². The molecule has 0 saturated heterocycles. The van der Waals surface area contributed by atoms with Gasteiger partial charge in [-0.15, -0.1) is 0 Å². The van der Waals surface area contributed by atoms with Crippen LogP contribution >= 0.6 is 27.5 Å². The van der Waals surface area contributed by atoms with Gasteiger partial charge in [0.05, 0.1) is 0 Å². The van der Waals surface area contributed by atoms with E-state index in [1.54, 1.807) is 18.2 Å². The maximum atomic E-state index is 11.5. The molecular weight excluding hydrogens is 396 g/mol. The number of carbonyl (C=O) groups is 1. The van der Waals surface area contributed by atoms with E-state index in [-0.39, 0.29) is 5.69 Å². The molecule has 0 spiro atoms.